The zero-order chi connectivity index (χ0) is 15.2. The molecule has 6 heteroatoms. The number of carbonyl (C=O) groups excluding carboxylic acids is 1. The van der Waals surface area contributed by atoms with Gasteiger partial charge in [0, 0.05) is 30.7 Å². The number of nitrogens with zero attached hydrogens (tertiary/aromatic N) is 1. The van der Waals surface area contributed by atoms with E-state index in [0.29, 0.717) is 24.8 Å². The zero-order valence-corrected chi connectivity index (χ0v) is 12.2. The Labute approximate surface area is 128 Å². The SMILES string of the molecule is O=C(NCc1cc(-c2ccccc2)no1)NC[C@H]1CCOC1. The smallest absolute Gasteiger partial charge is 0.315 e. The number of benzene rings is 1. The van der Waals surface area contributed by atoms with E-state index < -0.39 is 0 Å². The summed E-state index contributed by atoms with van der Waals surface area (Å²) in [7, 11) is 0. The Hall–Kier alpha value is -2.34. The van der Waals surface area contributed by atoms with Gasteiger partial charge in [-0.05, 0) is 6.42 Å². The molecule has 2 amide bonds. The standard InChI is InChI=1S/C16H19N3O3/c20-16(17-9-12-6-7-21-11-12)18-10-14-8-15(19-22-14)13-4-2-1-3-5-13/h1-5,8,12H,6-7,9-11H2,(H2,17,18,20)/t12-/m1/s1. The maximum atomic E-state index is 11.7. The summed E-state index contributed by atoms with van der Waals surface area (Å²) in [6.45, 7) is 2.46. The minimum Gasteiger partial charge on any atom is -0.381 e. The van der Waals surface area contributed by atoms with Crippen LogP contribution in [0.25, 0.3) is 11.3 Å². The van der Waals surface area contributed by atoms with Crippen molar-refractivity contribution >= 4 is 6.03 Å². The normalized spacial score (nSPS) is 17.4. The molecule has 22 heavy (non-hydrogen) atoms. The first-order valence-corrected chi connectivity index (χ1v) is 7.42. The molecule has 1 aliphatic rings. The van der Waals surface area contributed by atoms with Gasteiger partial charge < -0.3 is 19.9 Å². The lowest BCUT2D eigenvalue weighted by Crippen LogP contribution is -2.37. The minimum absolute atomic E-state index is 0.204. The van der Waals surface area contributed by atoms with Crippen molar-refractivity contribution in [1.82, 2.24) is 15.8 Å². The van der Waals surface area contributed by atoms with Crippen LogP contribution in [0.4, 0.5) is 4.79 Å². The van der Waals surface area contributed by atoms with Gasteiger partial charge in [-0.3, -0.25) is 0 Å². The molecule has 2 heterocycles. The van der Waals surface area contributed by atoms with E-state index >= 15 is 0 Å². The van der Waals surface area contributed by atoms with Gasteiger partial charge in [0.25, 0.3) is 0 Å². The summed E-state index contributed by atoms with van der Waals surface area (Å²) in [6, 6.07) is 11.4. The third-order valence-corrected chi connectivity index (χ3v) is 3.63. The van der Waals surface area contributed by atoms with E-state index in [2.05, 4.69) is 15.8 Å². The summed E-state index contributed by atoms with van der Waals surface area (Å²) in [5, 5.41) is 9.61. The van der Waals surface area contributed by atoms with E-state index in [9.17, 15) is 4.79 Å². The molecular formula is C16H19N3O3. The quantitative estimate of drug-likeness (QED) is 0.887. The fourth-order valence-corrected chi connectivity index (χ4v) is 2.35. The van der Waals surface area contributed by atoms with Crippen molar-refractivity contribution in [2.45, 2.75) is 13.0 Å². The van der Waals surface area contributed by atoms with Crippen molar-refractivity contribution < 1.29 is 14.1 Å². The van der Waals surface area contributed by atoms with Gasteiger partial charge in [-0.15, -0.1) is 0 Å². The van der Waals surface area contributed by atoms with Crippen LogP contribution >= 0.6 is 0 Å². The number of aromatic nitrogens is 1. The molecule has 0 saturated carbocycles. The van der Waals surface area contributed by atoms with Crippen molar-refractivity contribution in [2.75, 3.05) is 19.8 Å². The van der Waals surface area contributed by atoms with Crippen LogP contribution in [0, 0.1) is 5.92 Å². The molecule has 3 rings (SSSR count). The largest absolute Gasteiger partial charge is 0.381 e. The van der Waals surface area contributed by atoms with E-state index in [1.165, 1.54) is 0 Å². The summed E-state index contributed by atoms with van der Waals surface area (Å²) in [5.41, 5.74) is 1.75. The van der Waals surface area contributed by atoms with Gasteiger partial charge >= 0.3 is 6.03 Å². The number of urea groups is 1. The number of hydrogen-bond donors (Lipinski definition) is 2. The molecular weight excluding hydrogens is 282 g/mol. The lowest BCUT2D eigenvalue weighted by molar-refractivity contribution is 0.185. The first kappa shape index (κ1) is 14.6. The summed E-state index contributed by atoms with van der Waals surface area (Å²) in [6.07, 6.45) is 1.00. The maximum absolute atomic E-state index is 11.7. The summed E-state index contributed by atoms with van der Waals surface area (Å²) >= 11 is 0. The molecule has 1 atom stereocenters. The van der Waals surface area contributed by atoms with Crippen LogP contribution in [0.15, 0.2) is 40.9 Å². The fourth-order valence-electron chi connectivity index (χ4n) is 2.35. The van der Waals surface area contributed by atoms with Crippen LogP contribution in [0.2, 0.25) is 0 Å². The van der Waals surface area contributed by atoms with E-state index in [1.54, 1.807) is 0 Å². The lowest BCUT2D eigenvalue weighted by Gasteiger charge is -2.09. The molecule has 2 aromatic rings. The Morgan fingerprint density at radius 3 is 2.91 bits per heavy atom. The van der Waals surface area contributed by atoms with E-state index in [1.807, 2.05) is 36.4 Å². The molecule has 0 bridgehead atoms. The molecule has 0 radical (unpaired) electrons. The first-order chi connectivity index (χ1) is 10.8. The second-order valence-corrected chi connectivity index (χ2v) is 5.34. The summed E-state index contributed by atoms with van der Waals surface area (Å²) < 4.78 is 10.5. The highest BCUT2D eigenvalue weighted by molar-refractivity contribution is 5.73. The van der Waals surface area contributed by atoms with Gasteiger partial charge in [0.15, 0.2) is 5.76 Å². The Kier molecular flexibility index (Phi) is 4.70. The van der Waals surface area contributed by atoms with Crippen LogP contribution in [-0.2, 0) is 11.3 Å². The van der Waals surface area contributed by atoms with Gasteiger partial charge in [-0.25, -0.2) is 4.79 Å². The van der Waals surface area contributed by atoms with Crippen LogP contribution in [-0.4, -0.2) is 30.9 Å². The molecule has 1 aromatic carbocycles. The van der Waals surface area contributed by atoms with Crippen molar-refractivity contribution in [2.24, 2.45) is 5.92 Å². The molecule has 6 nitrogen and oxygen atoms in total. The molecule has 116 valence electrons. The highest BCUT2D eigenvalue weighted by Crippen LogP contribution is 2.18. The Balaban J connectivity index is 1.45. The Morgan fingerprint density at radius 2 is 2.14 bits per heavy atom. The molecule has 2 N–H and O–H groups in total. The van der Waals surface area contributed by atoms with E-state index in [4.69, 9.17) is 9.26 Å². The summed E-state index contributed by atoms with van der Waals surface area (Å²) in [4.78, 5) is 11.7. The third kappa shape index (κ3) is 3.85. The molecule has 1 fully saturated rings. The lowest BCUT2D eigenvalue weighted by atomic mass is 10.1. The van der Waals surface area contributed by atoms with Gasteiger partial charge in [-0.1, -0.05) is 35.5 Å². The molecule has 1 aromatic heterocycles. The van der Waals surface area contributed by atoms with Crippen molar-refractivity contribution in [3.63, 3.8) is 0 Å². The van der Waals surface area contributed by atoms with Crippen LogP contribution in [0.1, 0.15) is 12.2 Å². The number of carbonyl (C=O) groups is 1. The average Bonchev–Trinajstić information content (AvgIpc) is 3.23. The predicted octanol–water partition coefficient (Wildman–Crippen LogP) is 2.18. The van der Waals surface area contributed by atoms with E-state index in [0.717, 1.165) is 30.9 Å². The average molecular weight is 301 g/mol. The maximum Gasteiger partial charge on any atom is 0.315 e. The number of amides is 2. The second kappa shape index (κ2) is 7.09. The summed E-state index contributed by atoms with van der Waals surface area (Å²) in [5.74, 6) is 1.04. The zero-order valence-electron chi connectivity index (χ0n) is 12.2. The Bertz CT molecular complexity index is 606. The molecule has 0 spiro atoms. The minimum atomic E-state index is -0.204. The van der Waals surface area contributed by atoms with Gasteiger partial charge in [0.2, 0.25) is 0 Å². The molecule has 1 saturated heterocycles. The van der Waals surface area contributed by atoms with Gasteiger partial charge in [0.1, 0.15) is 5.69 Å². The first-order valence-electron chi connectivity index (χ1n) is 7.42. The van der Waals surface area contributed by atoms with Crippen molar-refractivity contribution in [1.29, 1.82) is 0 Å². The van der Waals surface area contributed by atoms with Gasteiger partial charge in [0.05, 0.1) is 13.2 Å². The fraction of sp³-hybridized carbons (Fsp3) is 0.375. The monoisotopic (exact) mass is 301 g/mol. The van der Waals surface area contributed by atoms with Gasteiger partial charge in [-0.2, -0.15) is 0 Å². The van der Waals surface area contributed by atoms with Crippen LogP contribution in [0.3, 0.4) is 0 Å². The Morgan fingerprint density at radius 1 is 1.27 bits per heavy atom. The third-order valence-electron chi connectivity index (χ3n) is 3.63. The molecule has 0 unspecified atom stereocenters. The number of ether oxygens (including phenoxy) is 1. The molecule has 1 aliphatic heterocycles. The van der Waals surface area contributed by atoms with Crippen LogP contribution in [0.5, 0.6) is 0 Å². The van der Waals surface area contributed by atoms with Crippen molar-refractivity contribution in [3.8, 4) is 11.3 Å². The topological polar surface area (TPSA) is 76.4 Å². The number of rotatable bonds is 5. The van der Waals surface area contributed by atoms with E-state index in [-0.39, 0.29) is 6.03 Å². The molecule has 0 aliphatic carbocycles. The highest BCUT2D eigenvalue weighted by Gasteiger charge is 2.16. The highest BCUT2D eigenvalue weighted by atomic mass is 16.5. The predicted molar refractivity (Wildman–Crippen MR) is 81.1 cm³/mol. The number of nitrogens with one attached hydrogen (secondary N) is 2. The van der Waals surface area contributed by atoms with Crippen LogP contribution < -0.4 is 10.6 Å². The van der Waals surface area contributed by atoms with Crippen molar-refractivity contribution in [3.05, 3.63) is 42.2 Å². The second-order valence-electron chi connectivity index (χ2n) is 5.34. The number of hydrogen-bond acceptors (Lipinski definition) is 4.